The van der Waals surface area contributed by atoms with Gasteiger partial charge in [-0.1, -0.05) is 18.9 Å². The van der Waals surface area contributed by atoms with Crippen LogP contribution < -0.4 is 20.8 Å². The molecule has 2 amide bonds. The van der Waals surface area contributed by atoms with E-state index in [-0.39, 0.29) is 29.0 Å². The van der Waals surface area contributed by atoms with Crippen LogP contribution in [0.15, 0.2) is 18.2 Å². The number of hydrogen-bond acceptors (Lipinski definition) is 3. The Morgan fingerprint density at radius 1 is 1.20 bits per heavy atom. The maximum absolute atomic E-state index is 12.9. The lowest BCUT2D eigenvalue weighted by molar-refractivity contribution is -0.153. The first-order chi connectivity index (χ1) is 14.0. The number of amides is 2. The number of halogens is 3. The third kappa shape index (κ3) is 5.96. The van der Waals surface area contributed by atoms with Crippen molar-refractivity contribution < 1.29 is 32.9 Å². The van der Waals surface area contributed by atoms with Crippen LogP contribution in [0.1, 0.15) is 67.8 Å². The zero-order valence-corrected chi connectivity index (χ0v) is 17.1. The zero-order valence-electron chi connectivity index (χ0n) is 17.1. The standard InChI is InChI=1S/C21H26F3N3O3/c1-12(28)26-19(25)20(2,10-13-3-4-13)27-18(29)15-7-8-16(14-5-6-14)17(9-15)30-11-21(22,23)24/h7-9,13-14H,3-6,10-11H2,1-2H3,(H,27,29)(H2,25,26,28)/p+1/t20-/m1/s1. The molecule has 0 saturated heterocycles. The molecule has 164 valence electrons. The van der Waals surface area contributed by atoms with E-state index in [1.165, 1.54) is 13.0 Å². The molecule has 0 radical (unpaired) electrons. The minimum atomic E-state index is -4.47. The molecule has 0 bridgehead atoms. The molecule has 1 aromatic rings. The van der Waals surface area contributed by atoms with E-state index in [1.807, 2.05) is 0 Å². The topological polar surface area (TPSA) is 93.0 Å². The van der Waals surface area contributed by atoms with Crippen LogP contribution >= 0.6 is 0 Å². The van der Waals surface area contributed by atoms with Crippen molar-refractivity contribution in [1.29, 1.82) is 0 Å². The second-order valence-electron chi connectivity index (χ2n) is 8.46. The Hall–Kier alpha value is -2.58. The van der Waals surface area contributed by atoms with Crippen LogP contribution in [-0.2, 0) is 4.79 Å². The van der Waals surface area contributed by atoms with Gasteiger partial charge in [0.25, 0.3) is 11.7 Å². The van der Waals surface area contributed by atoms with Crippen LogP contribution in [0.3, 0.4) is 0 Å². The lowest BCUT2D eigenvalue weighted by atomic mass is 9.92. The highest BCUT2D eigenvalue weighted by atomic mass is 19.4. The summed E-state index contributed by atoms with van der Waals surface area (Å²) in [5, 5.41) is 11.5. The molecule has 6 nitrogen and oxygen atoms in total. The van der Waals surface area contributed by atoms with Crippen molar-refractivity contribution in [3.8, 4) is 5.75 Å². The third-order valence-electron chi connectivity index (χ3n) is 5.37. The number of hydrogen-bond donors (Lipinski definition) is 3. The summed E-state index contributed by atoms with van der Waals surface area (Å²) in [6, 6.07) is 4.58. The average Bonchev–Trinajstić information content (AvgIpc) is 3.53. The Balaban J connectivity index is 1.79. The smallest absolute Gasteiger partial charge is 0.422 e. The Kier molecular flexibility index (Phi) is 6.10. The first-order valence-corrected chi connectivity index (χ1v) is 10.0. The van der Waals surface area contributed by atoms with Crippen molar-refractivity contribution >= 4 is 17.6 Å². The van der Waals surface area contributed by atoms with E-state index in [0.717, 1.165) is 25.7 Å². The number of ether oxygens (including phenoxy) is 1. The first-order valence-electron chi connectivity index (χ1n) is 10.0. The summed E-state index contributed by atoms with van der Waals surface area (Å²) in [7, 11) is 0. The highest BCUT2D eigenvalue weighted by Crippen LogP contribution is 2.45. The molecule has 3 rings (SSSR count). The van der Waals surface area contributed by atoms with Crippen molar-refractivity contribution in [1.82, 2.24) is 10.6 Å². The van der Waals surface area contributed by atoms with E-state index in [2.05, 4.69) is 10.6 Å². The van der Waals surface area contributed by atoms with Crippen molar-refractivity contribution in [3.63, 3.8) is 0 Å². The van der Waals surface area contributed by atoms with E-state index < -0.39 is 24.2 Å². The van der Waals surface area contributed by atoms with Crippen LogP contribution in [0.5, 0.6) is 5.75 Å². The fourth-order valence-corrected chi connectivity index (χ4v) is 3.47. The van der Waals surface area contributed by atoms with E-state index in [1.54, 1.807) is 19.1 Å². The SMILES string of the molecule is CC(=O)NC(=[NH2+])[C@@](C)(CC1CC1)NC(=O)c1ccc(C2CC2)c(OCC(F)(F)F)c1. The lowest BCUT2D eigenvalue weighted by Crippen LogP contribution is -2.68. The van der Waals surface area contributed by atoms with Crippen molar-refractivity contribution in [2.75, 3.05) is 6.61 Å². The molecule has 9 heteroatoms. The van der Waals surface area contributed by atoms with E-state index in [0.29, 0.717) is 17.9 Å². The molecule has 0 aromatic heterocycles. The quantitative estimate of drug-likeness (QED) is 0.439. The van der Waals surface area contributed by atoms with Gasteiger partial charge in [0.05, 0.1) is 0 Å². The summed E-state index contributed by atoms with van der Waals surface area (Å²) < 4.78 is 42.9. The summed E-state index contributed by atoms with van der Waals surface area (Å²) in [5.41, 5.74) is -0.124. The average molecular weight is 426 g/mol. The highest BCUT2D eigenvalue weighted by Gasteiger charge is 2.42. The molecule has 0 heterocycles. The van der Waals surface area contributed by atoms with Crippen LogP contribution in [0.2, 0.25) is 0 Å². The number of carbonyl (C=O) groups excluding carboxylic acids is 2. The molecule has 30 heavy (non-hydrogen) atoms. The van der Waals surface area contributed by atoms with Gasteiger partial charge >= 0.3 is 12.1 Å². The van der Waals surface area contributed by atoms with Gasteiger partial charge in [-0.3, -0.25) is 10.2 Å². The van der Waals surface area contributed by atoms with Gasteiger partial charge in [0.2, 0.25) is 0 Å². The molecule has 4 N–H and O–H groups in total. The van der Waals surface area contributed by atoms with Crippen LogP contribution in [0.4, 0.5) is 13.2 Å². The number of alkyl halides is 3. The summed E-state index contributed by atoms with van der Waals surface area (Å²) in [4.78, 5) is 24.4. The molecule has 1 atom stereocenters. The Labute approximate surface area is 173 Å². The second-order valence-corrected chi connectivity index (χ2v) is 8.46. The minimum absolute atomic E-state index is 0.0742. The van der Waals surface area contributed by atoms with Gasteiger partial charge in [-0.15, -0.1) is 0 Å². The summed E-state index contributed by atoms with van der Waals surface area (Å²) in [6.07, 6.45) is -0.105. The maximum atomic E-state index is 12.9. The summed E-state index contributed by atoms with van der Waals surface area (Å²) in [6.45, 7) is 1.64. The Bertz CT molecular complexity index is 848. The molecule has 2 aliphatic rings. The number of benzene rings is 1. The first kappa shape index (κ1) is 22.1. The summed E-state index contributed by atoms with van der Waals surface area (Å²) in [5.74, 6) is -0.0746. The molecule has 0 unspecified atom stereocenters. The molecular weight excluding hydrogens is 399 g/mol. The van der Waals surface area contributed by atoms with Gasteiger partial charge in [0.1, 0.15) is 11.3 Å². The fourth-order valence-electron chi connectivity index (χ4n) is 3.47. The summed E-state index contributed by atoms with van der Waals surface area (Å²) >= 11 is 0. The maximum Gasteiger partial charge on any atom is 0.422 e. The number of nitrogens with two attached hydrogens (primary N) is 1. The molecular formula is C21H27F3N3O3+. The number of nitrogens with one attached hydrogen (secondary N) is 2. The Morgan fingerprint density at radius 3 is 2.40 bits per heavy atom. The zero-order chi connectivity index (χ0) is 22.1. The van der Waals surface area contributed by atoms with Gasteiger partial charge in [-0.2, -0.15) is 13.2 Å². The monoisotopic (exact) mass is 426 g/mol. The Morgan fingerprint density at radius 2 is 1.87 bits per heavy atom. The van der Waals surface area contributed by atoms with Crippen molar-refractivity contribution in [3.05, 3.63) is 29.3 Å². The van der Waals surface area contributed by atoms with E-state index in [9.17, 15) is 22.8 Å². The number of carbonyl (C=O) groups is 2. The highest BCUT2D eigenvalue weighted by molar-refractivity contribution is 6.03. The number of rotatable bonds is 8. The lowest BCUT2D eigenvalue weighted by Gasteiger charge is -2.28. The molecule has 2 aliphatic carbocycles. The van der Waals surface area contributed by atoms with Gasteiger partial charge in [0.15, 0.2) is 6.61 Å². The molecule has 0 aliphatic heterocycles. The molecule has 0 spiro atoms. The predicted molar refractivity (Wildman–Crippen MR) is 104 cm³/mol. The second kappa shape index (κ2) is 8.28. The van der Waals surface area contributed by atoms with Crippen molar-refractivity contribution in [2.45, 2.75) is 63.6 Å². The number of amidine groups is 1. The molecule has 1 aromatic carbocycles. The van der Waals surface area contributed by atoms with Gasteiger partial charge in [-0.05, 0) is 55.7 Å². The normalized spacial score (nSPS) is 18.3. The predicted octanol–water partition coefficient (Wildman–Crippen LogP) is 2.09. The van der Waals surface area contributed by atoms with Gasteiger partial charge < -0.3 is 10.1 Å². The third-order valence-corrected chi connectivity index (χ3v) is 5.37. The molecule has 2 saturated carbocycles. The molecule has 2 fully saturated rings. The van der Waals surface area contributed by atoms with Crippen molar-refractivity contribution in [2.24, 2.45) is 5.92 Å². The van der Waals surface area contributed by atoms with Crippen LogP contribution in [0, 0.1) is 5.92 Å². The van der Waals surface area contributed by atoms with Gasteiger partial charge in [0, 0.05) is 12.5 Å². The minimum Gasteiger partial charge on any atom is -0.484 e. The van der Waals surface area contributed by atoms with Gasteiger partial charge in [-0.25, -0.2) is 10.1 Å². The van der Waals surface area contributed by atoms with E-state index in [4.69, 9.17) is 10.1 Å². The largest absolute Gasteiger partial charge is 0.484 e. The van der Waals surface area contributed by atoms with Crippen LogP contribution in [-0.4, -0.2) is 36.0 Å². The fraction of sp³-hybridized carbons (Fsp3) is 0.571. The van der Waals surface area contributed by atoms with E-state index >= 15 is 0 Å². The van der Waals surface area contributed by atoms with Crippen LogP contribution in [0.25, 0.3) is 0 Å².